The molecule has 1 aliphatic rings. The van der Waals surface area contributed by atoms with Gasteiger partial charge in [0.25, 0.3) is 5.91 Å². The molecule has 3 aromatic carbocycles. The Labute approximate surface area is 195 Å². The van der Waals surface area contributed by atoms with Crippen LogP contribution in [-0.4, -0.2) is 29.6 Å². The Morgan fingerprint density at radius 3 is 2.53 bits per heavy atom. The first-order valence-corrected chi connectivity index (χ1v) is 11.0. The minimum Gasteiger partial charge on any atom is -0.504 e. The van der Waals surface area contributed by atoms with E-state index >= 15 is 0 Å². The molecule has 7 heteroatoms. The number of rotatable bonds is 6. The van der Waals surface area contributed by atoms with E-state index in [9.17, 15) is 14.7 Å². The Morgan fingerprint density at radius 2 is 1.79 bits per heavy atom. The van der Waals surface area contributed by atoms with Crippen LogP contribution in [-0.2, 0) is 6.54 Å². The lowest BCUT2D eigenvalue weighted by Crippen LogP contribution is -2.29. The van der Waals surface area contributed by atoms with Gasteiger partial charge < -0.3 is 23.9 Å². The lowest BCUT2D eigenvalue weighted by atomic mass is 9.97. The Kier molecular flexibility index (Phi) is 5.45. The minimum absolute atomic E-state index is 0.0117. The maximum Gasteiger partial charge on any atom is 0.291 e. The van der Waals surface area contributed by atoms with Crippen molar-refractivity contribution < 1.29 is 23.8 Å². The fourth-order valence-corrected chi connectivity index (χ4v) is 4.38. The molecular formula is C27H23NO6. The normalized spacial score (nSPS) is 14.9. The van der Waals surface area contributed by atoms with Crippen molar-refractivity contribution in [3.8, 4) is 17.2 Å². The molecule has 172 valence electrons. The predicted octanol–water partition coefficient (Wildman–Crippen LogP) is 4.65. The molecule has 0 aliphatic carbocycles. The summed E-state index contributed by atoms with van der Waals surface area (Å²) in [5, 5.41) is 10.6. The molecule has 0 bridgehead atoms. The Hall–Kier alpha value is -4.26. The average Bonchev–Trinajstić information content (AvgIpc) is 3.13. The van der Waals surface area contributed by atoms with E-state index in [1.165, 1.54) is 6.07 Å². The number of amides is 1. The zero-order valence-electron chi connectivity index (χ0n) is 18.8. The number of para-hydroxylation sites is 1. The van der Waals surface area contributed by atoms with Crippen molar-refractivity contribution in [3.05, 3.63) is 99.4 Å². The number of ether oxygens (including phenoxy) is 2. The summed E-state index contributed by atoms with van der Waals surface area (Å²) in [5.41, 5.74) is 1.91. The Morgan fingerprint density at radius 1 is 1.03 bits per heavy atom. The molecule has 1 amide bonds. The number of methoxy groups -OCH3 is 1. The van der Waals surface area contributed by atoms with Gasteiger partial charge in [-0.1, -0.05) is 30.3 Å². The summed E-state index contributed by atoms with van der Waals surface area (Å²) in [6, 6.07) is 18.5. The number of hydrogen-bond acceptors (Lipinski definition) is 6. The molecule has 1 atom stereocenters. The lowest BCUT2D eigenvalue weighted by Gasteiger charge is -2.26. The van der Waals surface area contributed by atoms with Crippen LogP contribution in [0.4, 0.5) is 0 Å². The number of phenolic OH excluding ortho intramolecular Hbond substituents is 1. The van der Waals surface area contributed by atoms with Crippen LogP contribution in [0.15, 0.2) is 75.9 Å². The largest absolute Gasteiger partial charge is 0.504 e. The second-order valence-electron chi connectivity index (χ2n) is 8.01. The molecule has 1 N–H and O–H groups in total. The number of fused-ring (bicyclic) bond motifs is 2. The third-order valence-corrected chi connectivity index (χ3v) is 5.98. The molecule has 1 aromatic heterocycles. The van der Waals surface area contributed by atoms with E-state index < -0.39 is 6.04 Å². The summed E-state index contributed by atoms with van der Waals surface area (Å²) in [4.78, 5) is 28.8. The first-order chi connectivity index (χ1) is 16.5. The Bertz CT molecular complexity index is 1440. The first-order valence-electron chi connectivity index (χ1n) is 11.0. The van der Waals surface area contributed by atoms with Gasteiger partial charge in [0.1, 0.15) is 11.3 Å². The van der Waals surface area contributed by atoms with Gasteiger partial charge >= 0.3 is 0 Å². The van der Waals surface area contributed by atoms with Gasteiger partial charge in [-0.2, -0.15) is 0 Å². The summed E-state index contributed by atoms with van der Waals surface area (Å²) in [6.45, 7) is 2.43. The standard InChI is InChI=1S/C27H23NO6/c1-3-33-22-14-17(10-13-20(22)29)24-23-25(30)19-6-4-5-7-21(19)34-26(23)27(31)28(24)15-16-8-11-18(32-2)12-9-16/h4-14,24,29H,3,15H2,1-2H3/t24-/m0/s1. The topological polar surface area (TPSA) is 89.2 Å². The summed E-state index contributed by atoms with van der Waals surface area (Å²) < 4.78 is 16.8. The van der Waals surface area contributed by atoms with E-state index in [1.54, 1.807) is 48.4 Å². The predicted molar refractivity (Wildman–Crippen MR) is 126 cm³/mol. The van der Waals surface area contributed by atoms with E-state index in [0.717, 1.165) is 5.56 Å². The summed E-state index contributed by atoms with van der Waals surface area (Å²) in [6.07, 6.45) is 0. The summed E-state index contributed by atoms with van der Waals surface area (Å²) in [5.74, 6) is 0.648. The van der Waals surface area contributed by atoms with E-state index in [4.69, 9.17) is 13.9 Å². The van der Waals surface area contributed by atoms with Crippen molar-refractivity contribution in [1.82, 2.24) is 4.90 Å². The van der Waals surface area contributed by atoms with Gasteiger partial charge in [0.15, 0.2) is 16.9 Å². The molecule has 5 rings (SSSR count). The van der Waals surface area contributed by atoms with Gasteiger partial charge in [-0.15, -0.1) is 0 Å². The van der Waals surface area contributed by atoms with Crippen LogP contribution >= 0.6 is 0 Å². The molecule has 7 nitrogen and oxygen atoms in total. The van der Waals surface area contributed by atoms with Crippen LogP contribution in [0.5, 0.6) is 17.2 Å². The molecular weight excluding hydrogens is 434 g/mol. The van der Waals surface area contributed by atoms with Gasteiger partial charge in [-0.05, 0) is 54.4 Å². The van der Waals surface area contributed by atoms with Crippen LogP contribution in [0, 0.1) is 0 Å². The second kappa shape index (κ2) is 8.59. The molecule has 1 aliphatic heterocycles. The summed E-state index contributed by atoms with van der Waals surface area (Å²) >= 11 is 0. The highest BCUT2D eigenvalue weighted by Gasteiger charge is 2.43. The number of hydrogen-bond donors (Lipinski definition) is 1. The smallest absolute Gasteiger partial charge is 0.291 e. The van der Waals surface area contributed by atoms with E-state index in [-0.39, 0.29) is 40.7 Å². The van der Waals surface area contributed by atoms with Crippen molar-refractivity contribution in [2.24, 2.45) is 0 Å². The van der Waals surface area contributed by atoms with Crippen molar-refractivity contribution in [1.29, 1.82) is 0 Å². The number of carbonyl (C=O) groups is 1. The van der Waals surface area contributed by atoms with Gasteiger partial charge in [-0.25, -0.2) is 0 Å². The highest BCUT2D eigenvalue weighted by Crippen LogP contribution is 2.41. The van der Waals surface area contributed by atoms with Crippen LogP contribution in [0.2, 0.25) is 0 Å². The van der Waals surface area contributed by atoms with Crippen LogP contribution in [0.1, 0.15) is 40.2 Å². The lowest BCUT2D eigenvalue weighted by molar-refractivity contribution is 0.0714. The van der Waals surface area contributed by atoms with E-state index in [0.29, 0.717) is 28.9 Å². The van der Waals surface area contributed by atoms with Gasteiger partial charge in [0.2, 0.25) is 5.76 Å². The highest BCUT2D eigenvalue weighted by molar-refractivity contribution is 5.99. The number of phenols is 1. The monoisotopic (exact) mass is 457 g/mol. The zero-order valence-corrected chi connectivity index (χ0v) is 18.8. The van der Waals surface area contributed by atoms with Gasteiger partial charge in [0, 0.05) is 6.54 Å². The molecule has 0 fully saturated rings. The molecule has 34 heavy (non-hydrogen) atoms. The fraction of sp³-hybridized carbons (Fsp3) is 0.185. The van der Waals surface area contributed by atoms with Crippen LogP contribution < -0.4 is 14.9 Å². The number of aromatic hydroxyl groups is 1. The molecule has 2 heterocycles. The second-order valence-corrected chi connectivity index (χ2v) is 8.01. The van der Waals surface area contributed by atoms with Crippen LogP contribution in [0.25, 0.3) is 11.0 Å². The average molecular weight is 457 g/mol. The fourth-order valence-electron chi connectivity index (χ4n) is 4.38. The zero-order chi connectivity index (χ0) is 23.8. The molecule has 0 saturated carbocycles. The van der Waals surface area contributed by atoms with Gasteiger partial charge in [-0.3, -0.25) is 9.59 Å². The Balaban J connectivity index is 1.68. The van der Waals surface area contributed by atoms with E-state index in [1.807, 2.05) is 31.2 Å². The summed E-state index contributed by atoms with van der Waals surface area (Å²) in [7, 11) is 1.59. The van der Waals surface area contributed by atoms with Crippen molar-refractivity contribution >= 4 is 16.9 Å². The first kappa shape index (κ1) is 21.6. The van der Waals surface area contributed by atoms with Crippen molar-refractivity contribution in [3.63, 3.8) is 0 Å². The third-order valence-electron chi connectivity index (χ3n) is 5.98. The number of benzene rings is 3. The third kappa shape index (κ3) is 3.55. The van der Waals surface area contributed by atoms with Crippen molar-refractivity contribution in [2.75, 3.05) is 13.7 Å². The molecule has 0 saturated heterocycles. The molecule has 0 radical (unpaired) electrons. The molecule has 0 unspecified atom stereocenters. The maximum absolute atomic E-state index is 13.6. The molecule has 4 aromatic rings. The highest BCUT2D eigenvalue weighted by atomic mass is 16.5. The van der Waals surface area contributed by atoms with E-state index in [2.05, 4.69) is 0 Å². The van der Waals surface area contributed by atoms with Gasteiger partial charge in [0.05, 0.1) is 30.7 Å². The molecule has 0 spiro atoms. The quantitative estimate of drug-likeness (QED) is 0.453. The number of nitrogens with zero attached hydrogens (tertiary/aromatic N) is 1. The minimum atomic E-state index is -0.703. The maximum atomic E-state index is 13.6. The van der Waals surface area contributed by atoms with Crippen LogP contribution in [0.3, 0.4) is 0 Å². The SMILES string of the molecule is CCOc1cc([C@H]2c3c(oc4ccccc4c3=O)C(=O)N2Cc2ccc(OC)cc2)ccc1O. The number of carbonyl (C=O) groups excluding carboxylic acids is 1. The van der Waals surface area contributed by atoms with Crippen molar-refractivity contribution in [2.45, 2.75) is 19.5 Å².